The van der Waals surface area contributed by atoms with Crippen LogP contribution in [0.3, 0.4) is 0 Å². The summed E-state index contributed by atoms with van der Waals surface area (Å²) in [5.74, 6) is -0.370. The quantitative estimate of drug-likeness (QED) is 0.521. The van der Waals surface area contributed by atoms with E-state index in [-0.39, 0.29) is 17.9 Å². The molecule has 1 fully saturated rings. The zero-order chi connectivity index (χ0) is 21.1. The molecule has 0 bridgehead atoms. The van der Waals surface area contributed by atoms with E-state index in [0.717, 1.165) is 37.1 Å². The molecule has 1 saturated heterocycles. The van der Waals surface area contributed by atoms with Crippen molar-refractivity contribution in [3.8, 4) is 0 Å². The first-order valence-corrected chi connectivity index (χ1v) is 10.4. The van der Waals surface area contributed by atoms with Crippen molar-refractivity contribution < 1.29 is 14.3 Å². The lowest BCUT2D eigenvalue weighted by Crippen LogP contribution is -2.43. The number of benzene rings is 1. The van der Waals surface area contributed by atoms with Crippen LogP contribution < -0.4 is 0 Å². The molecule has 6 heteroatoms. The van der Waals surface area contributed by atoms with Gasteiger partial charge < -0.3 is 14.5 Å². The molecule has 2 aliphatic heterocycles. The van der Waals surface area contributed by atoms with E-state index >= 15 is 0 Å². The van der Waals surface area contributed by atoms with Crippen LogP contribution in [0.15, 0.2) is 23.9 Å². The molecule has 0 saturated carbocycles. The molecule has 29 heavy (non-hydrogen) atoms. The second-order valence-corrected chi connectivity index (χ2v) is 8.28. The van der Waals surface area contributed by atoms with Crippen molar-refractivity contribution in [1.29, 1.82) is 0 Å². The molecule has 0 unspecified atom stereocenters. The number of imide groups is 1. The molecular weight excluding hydrogens is 366 g/mol. The van der Waals surface area contributed by atoms with Gasteiger partial charge in [0.1, 0.15) is 5.70 Å². The predicted octanol–water partition coefficient (Wildman–Crippen LogP) is 2.45. The highest BCUT2D eigenvalue weighted by molar-refractivity contribution is 6.35. The van der Waals surface area contributed by atoms with E-state index < -0.39 is 0 Å². The predicted molar refractivity (Wildman–Crippen MR) is 114 cm³/mol. The third-order valence-electron chi connectivity index (χ3n) is 6.26. The topological polar surface area (TPSA) is 53.1 Å². The van der Waals surface area contributed by atoms with Gasteiger partial charge in [0, 0.05) is 33.4 Å². The Labute approximate surface area is 174 Å². The molecule has 3 rings (SSSR count). The van der Waals surface area contributed by atoms with Crippen LogP contribution in [0.25, 0.3) is 5.57 Å². The zero-order valence-corrected chi connectivity index (χ0v) is 18.3. The summed E-state index contributed by atoms with van der Waals surface area (Å²) < 4.78 is 5.11. The first-order chi connectivity index (χ1) is 13.8. The Kier molecular flexibility index (Phi) is 6.75. The monoisotopic (exact) mass is 399 g/mol. The number of amides is 2. The Morgan fingerprint density at radius 1 is 1.10 bits per heavy atom. The Bertz CT molecular complexity index is 810. The van der Waals surface area contributed by atoms with Crippen LogP contribution in [0, 0.1) is 13.8 Å². The van der Waals surface area contributed by atoms with Crippen LogP contribution in [0.4, 0.5) is 0 Å². The van der Waals surface area contributed by atoms with E-state index in [1.165, 1.54) is 10.5 Å². The van der Waals surface area contributed by atoms with Gasteiger partial charge >= 0.3 is 0 Å². The van der Waals surface area contributed by atoms with Crippen LogP contribution in [0.1, 0.15) is 36.0 Å². The van der Waals surface area contributed by atoms with Crippen molar-refractivity contribution in [2.75, 3.05) is 47.4 Å². The molecular formula is C23H33N3O3. The van der Waals surface area contributed by atoms with Crippen molar-refractivity contribution in [3.63, 3.8) is 0 Å². The van der Waals surface area contributed by atoms with E-state index in [9.17, 15) is 9.59 Å². The van der Waals surface area contributed by atoms with Crippen LogP contribution in [0.2, 0.25) is 0 Å². The molecule has 2 heterocycles. The standard InChI is InChI=1S/C23H33N3O3/c1-16-7-8-18(15-17(16)2)20-21(25(4)19-9-12-24(3)13-10-19)23(28)26(22(20)27)11-6-14-29-5/h7-8,15,19H,6,9-14H2,1-5H3. The van der Waals surface area contributed by atoms with E-state index in [0.29, 0.717) is 30.8 Å². The largest absolute Gasteiger partial charge is 0.385 e. The number of likely N-dealkylation sites (N-methyl/N-ethyl adjacent to an activating group) is 1. The molecule has 0 atom stereocenters. The molecule has 0 aliphatic carbocycles. The third kappa shape index (κ3) is 4.38. The number of nitrogens with zero attached hydrogens (tertiary/aromatic N) is 3. The molecule has 1 aromatic rings. The van der Waals surface area contributed by atoms with Gasteiger partial charge in [-0.1, -0.05) is 18.2 Å². The maximum atomic E-state index is 13.3. The van der Waals surface area contributed by atoms with Gasteiger partial charge in [-0.25, -0.2) is 0 Å². The first kappa shape index (κ1) is 21.5. The maximum Gasteiger partial charge on any atom is 0.277 e. The zero-order valence-electron chi connectivity index (χ0n) is 18.3. The fourth-order valence-electron chi connectivity index (χ4n) is 4.18. The Morgan fingerprint density at radius 2 is 1.79 bits per heavy atom. The highest BCUT2D eigenvalue weighted by atomic mass is 16.5. The Balaban J connectivity index is 1.98. The van der Waals surface area contributed by atoms with Gasteiger partial charge in [-0.3, -0.25) is 14.5 Å². The SMILES string of the molecule is COCCCN1C(=O)C(c2ccc(C)c(C)c2)=C(N(C)C2CCN(C)CC2)C1=O. The highest BCUT2D eigenvalue weighted by Gasteiger charge is 2.42. The number of methoxy groups -OCH3 is 1. The number of carbonyl (C=O) groups excluding carboxylic acids is 2. The fourth-order valence-corrected chi connectivity index (χ4v) is 4.18. The number of ether oxygens (including phenoxy) is 1. The minimum atomic E-state index is -0.191. The van der Waals surface area contributed by atoms with Gasteiger partial charge in [0.05, 0.1) is 5.57 Å². The first-order valence-electron chi connectivity index (χ1n) is 10.4. The molecule has 2 aliphatic rings. The molecule has 1 aromatic carbocycles. The minimum Gasteiger partial charge on any atom is -0.385 e. The summed E-state index contributed by atoms with van der Waals surface area (Å²) in [6.45, 7) is 7.00. The number of aryl methyl sites for hydroxylation is 2. The van der Waals surface area contributed by atoms with Crippen molar-refractivity contribution in [2.45, 2.75) is 39.2 Å². The fraction of sp³-hybridized carbons (Fsp3) is 0.565. The molecule has 0 aromatic heterocycles. The summed E-state index contributed by atoms with van der Waals surface area (Å²) in [5, 5.41) is 0. The number of hydrogen-bond donors (Lipinski definition) is 0. The summed E-state index contributed by atoms with van der Waals surface area (Å²) in [7, 11) is 5.72. The van der Waals surface area contributed by atoms with Gasteiger partial charge in [-0.05, 0) is 69.9 Å². The van der Waals surface area contributed by atoms with Crippen LogP contribution >= 0.6 is 0 Å². The average molecular weight is 400 g/mol. The van der Waals surface area contributed by atoms with E-state index in [4.69, 9.17) is 4.74 Å². The molecule has 6 nitrogen and oxygen atoms in total. The summed E-state index contributed by atoms with van der Waals surface area (Å²) in [6.07, 6.45) is 2.61. The second-order valence-electron chi connectivity index (χ2n) is 8.28. The number of piperidine rings is 1. The number of rotatable bonds is 7. The maximum absolute atomic E-state index is 13.3. The third-order valence-corrected chi connectivity index (χ3v) is 6.26. The summed E-state index contributed by atoms with van der Waals surface area (Å²) in [6, 6.07) is 6.27. The smallest absolute Gasteiger partial charge is 0.277 e. The van der Waals surface area contributed by atoms with E-state index in [1.807, 2.05) is 32.2 Å². The summed E-state index contributed by atoms with van der Waals surface area (Å²) >= 11 is 0. The van der Waals surface area contributed by atoms with Gasteiger partial charge in [-0.2, -0.15) is 0 Å². The molecule has 158 valence electrons. The van der Waals surface area contributed by atoms with Crippen molar-refractivity contribution in [2.24, 2.45) is 0 Å². The normalized spacial score (nSPS) is 18.9. The van der Waals surface area contributed by atoms with E-state index in [2.05, 4.69) is 23.8 Å². The van der Waals surface area contributed by atoms with Gasteiger partial charge in [0.15, 0.2) is 0 Å². The lowest BCUT2D eigenvalue weighted by molar-refractivity contribution is -0.137. The van der Waals surface area contributed by atoms with Gasteiger partial charge in [0.25, 0.3) is 11.8 Å². The lowest BCUT2D eigenvalue weighted by atomic mass is 9.97. The summed E-state index contributed by atoms with van der Waals surface area (Å²) in [5.41, 5.74) is 4.21. The molecule has 2 amide bonds. The minimum absolute atomic E-state index is 0.180. The highest BCUT2D eigenvalue weighted by Crippen LogP contribution is 2.34. The van der Waals surface area contributed by atoms with Crippen LogP contribution in [0.5, 0.6) is 0 Å². The summed E-state index contributed by atoms with van der Waals surface area (Å²) in [4.78, 5) is 32.4. The second kappa shape index (κ2) is 9.09. The van der Waals surface area contributed by atoms with Gasteiger partial charge in [-0.15, -0.1) is 0 Å². The molecule has 0 spiro atoms. The van der Waals surface area contributed by atoms with Crippen molar-refractivity contribution in [1.82, 2.24) is 14.7 Å². The Hall–Kier alpha value is -2.18. The van der Waals surface area contributed by atoms with Gasteiger partial charge in [0.2, 0.25) is 0 Å². The molecule has 0 radical (unpaired) electrons. The number of carbonyl (C=O) groups is 2. The number of likely N-dealkylation sites (tertiary alicyclic amines) is 1. The molecule has 0 N–H and O–H groups in total. The van der Waals surface area contributed by atoms with Crippen LogP contribution in [-0.2, 0) is 14.3 Å². The van der Waals surface area contributed by atoms with Crippen molar-refractivity contribution in [3.05, 3.63) is 40.6 Å². The lowest BCUT2D eigenvalue weighted by Gasteiger charge is -2.36. The average Bonchev–Trinajstić information content (AvgIpc) is 2.95. The number of hydrogen-bond acceptors (Lipinski definition) is 5. The van der Waals surface area contributed by atoms with E-state index in [1.54, 1.807) is 7.11 Å². The van der Waals surface area contributed by atoms with Crippen LogP contribution in [-0.4, -0.2) is 80.0 Å². The van der Waals surface area contributed by atoms with Crippen molar-refractivity contribution >= 4 is 17.4 Å². The Morgan fingerprint density at radius 3 is 2.41 bits per heavy atom.